The number of sulfonamides is 1. The van der Waals surface area contributed by atoms with Crippen molar-refractivity contribution in [1.82, 2.24) is 9.62 Å². The Balaban J connectivity index is 1.03. The number of amides is 1. The molecule has 0 unspecified atom stereocenters. The zero-order chi connectivity index (χ0) is 45.1. The predicted molar refractivity (Wildman–Crippen MR) is 240 cm³/mol. The van der Waals surface area contributed by atoms with E-state index in [0.717, 1.165) is 32.1 Å². The maximum absolute atomic E-state index is 14.7. The van der Waals surface area contributed by atoms with Gasteiger partial charge in [0.25, 0.3) is 0 Å². The van der Waals surface area contributed by atoms with Gasteiger partial charge in [-0.3, -0.25) is 4.79 Å². The Kier molecular flexibility index (Phi) is 12.8. The van der Waals surface area contributed by atoms with Crippen LogP contribution < -0.4 is 24.3 Å². The molecule has 0 radical (unpaired) electrons. The van der Waals surface area contributed by atoms with Gasteiger partial charge < -0.3 is 29.4 Å². The van der Waals surface area contributed by atoms with E-state index in [4.69, 9.17) is 47.4 Å². The molecule has 0 spiro atoms. The van der Waals surface area contributed by atoms with Crippen molar-refractivity contribution < 1.29 is 42.1 Å². The quantitative estimate of drug-likeness (QED) is 0.114. The number of carboxylic acids is 1. The topological polar surface area (TPSA) is 164 Å². The van der Waals surface area contributed by atoms with Crippen molar-refractivity contribution in [2.75, 3.05) is 13.7 Å². The van der Waals surface area contributed by atoms with E-state index in [9.17, 15) is 23.1 Å². The number of carbonyl (C=O) groups excluding carboxylic acids is 1. The summed E-state index contributed by atoms with van der Waals surface area (Å²) in [4.78, 5) is 26.9. The Hall–Kier alpha value is -6.56. The Morgan fingerprint density at radius 3 is 2.23 bits per heavy atom. The number of aliphatic carboxylic acids is 1. The van der Waals surface area contributed by atoms with Crippen LogP contribution >= 0.6 is 23.2 Å². The zero-order valence-corrected chi connectivity index (χ0v) is 36.9. The van der Waals surface area contributed by atoms with E-state index < -0.39 is 40.1 Å². The smallest absolute Gasteiger partial charge is 0.326 e. The van der Waals surface area contributed by atoms with E-state index in [2.05, 4.69) is 11.4 Å². The minimum Gasteiger partial charge on any atom is -0.495 e. The lowest BCUT2D eigenvalue weighted by molar-refractivity contribution is -0.142. The van der Waals surface area contributed by atoms with Crippen molar-refractivity contribution in [2.45, 2.75) is 56.0 Å². The molecule has 2 aliphatic heterocycles. The van der Waals surface area contributed by atoms with E-state index in [1.165, 1.54) is 13.2 Å². The van der Waals surface area contributed by atoms with Crippen molar-refractivity contribution in [3.05, 3.63) is 170 Å². The molecule has 2 aliphatic rings. The Morgan fingerprint density at radius 1 is 0.875 bits per heavy atom. The monoisotopic (exact) mass is 917 g/mol. The number of methoxy groups -OCH3 is 1. The van der Waals surface area contributed by atoms with Gasteiger partial charge in [0.05, 0.1) is 28.8 Å². The van der Waals surface area contributed by atoms with Crippen molar-refractivity contribution in [1.29, 1.82) is 5.26 Å². The molecule has 0 aliphatic carbocycles. The molecule has 1 amide bonds. The number of nitriles is 1. The standard InChI is InChI=1S/C49H41Cl2N3O9S/c1-29-3-18-47(45(19-29)60-2)64(58,59)54-26-37-24-44-43(62-28-46(63-44)35-13-15-38(16-14-35)61-27-32-8-17-39(50)40(51)20-32)23-36(37)22-42(54)48(55)53-41(49(56)57)21-30-4-9-33(10-5-30)34-11-6-31(25-52)7-12-34/h3-20,23-24,41-42,46H,21-22,26-28H2,1-2H3,(H,53,55)(H,56,57)/t41-,42-,46+/m0/s1. The largest absolute Gasteiger partial charge is 0.495 e. The molecule has 15 heteroatoms. The third-order valence-corrected chi connectivity index (χ3v) is 13.9. The molecule has 0 bridgehead atoms. The lowest BCUT2D eigenvalue weighted by atomic mass is 9.93. The molecular formula is C49H41Cl2N3O9S. The average molecular weight is 919 g/mol. The molecule has 0 saturated carbocycles. The third kappa shape index (κ3) is 9.51. The number of ether oxygens (including phenoxy) is 4. The lowest BCUT2D eigenvalue weighted by Crippen LogP contribution is -2.55. The molecule has 3 atom stereocenters. The average Bonchev–Trinajstić information content (AvgIpc) is 3.30. The van der Waals surface area contributed by atoms with Gasteiger partial charge in [-0.05, 0) is 119 Å². The van der Waals surface area contributed by atoms with Crippen molar-refractivity contribution in [3.63, 3.8) is 0 Å². The summed E-state index contributed by atoms with van der Waals surface area (Å²) in [6, 6.07) is 34.6. The van der Waals surface area contributed by atoms with Gasteiger partial charge in [-0.15, -0.1) is 0 Å². The molecule has 8 rings (SSSR count). The van der Waals surface area contributed by atoms with Crippen LogP contribution in [-0.4, -0.2) is 55.5 Å². The number of aryl methyl sites for hydroxylation is 1. The van der Waals surface area contributed by atoms with Crippen molar-refractivity contribution >= 4 is 45.1 Å². The number of carboxylic acid groups (broad SMARTS) is 1. The van der Waals surface area contributed by atoms with Crippen molar-refractivity contribution in [2.24, 2.45) is 0 Å². The molecule has 0 saturated heterocycles. The summed E-state index contributed by atoms with van der Waals surface area (Å²) in [6.45, 7) is 2.05. The number of nitrogens with one attached hydrogen (secondary N) is 1. The highest BCUT2D eigenvalue weighted by Gasteiger charge is 2.43. The van der Waals surface area contributed by atoms with E-state index in [-0.39, 0.29) is 36.6 Å². The molecule has 0 fully saturated rings. The lowest BCUT2D eigenvalue weighted by Gasteiger charge is -2.37. The number of hydrogen-bond donors (Lipinski definition) is 2. The van der Waals surface area contributed by atoms with Crippen LogP contribution in [0.15, 0.2) is 126 Å². The van der Waals surface area contributed by atoms with Crippen LogP contribution in [0.1, 0.15) is 45.0 Å². The summed E-state index contributed by atoms with van der Waals surface area (Å²) in [5.74, 6) is -0.486. The third-order valence-electron chi connectivity index (χ3n) is 11.2. The molecule has 64 heavy (non-hydrogen) atoms. The van der Waals surface area contributed by atoms with Crippen LogP contribution in [0.5, 0.6) is 23.0 Å². The van der Waals surface area contributed by atoms with Crippen molar-refractivity contribution in [3.8, 4) is 40.2 Å². The predicted octanol–water partition coefficient (Wildman–Crippen LogP) is 8.87. The van der Waals surface area contributed by atoms with Crippen LogP contribution in [0.2, 0.25) is 10.0 Å². The molecule has 6 aromatic rings. The fourth-order valence-electron chi connectivity index (χ4n) is 7.73. The maximum atomic E-state index is 14.7. The first-order valence-electron chi connectivity index (χ1n) is 20.2. The van der Waals surface area contributed by atoms with Gasteiger partial charge in [0.1, 0.15) is 41.7 Å². The number of hydrogen-bond acceptors (Lipinski definition) is 9. The summed E-state index contributed by atoms with van der Waals surface area (Å²) < 4.78 is 54.5. The molecule has 2 heterocycles. The van der Waals surface area contributed by atoms with Gasteiger partial charge in [-0.1, -0.05) is 83.9 Å². The van der Waals surface area contributed by atoms with Gasteiger partial charge in [-0.2, -0.15) is 9.57 Å². The molecule has 326 valence electrons. The summed E-state index contributed by atoms with van der Waals surface area (Å²) in [6.07, 6.45) is -0.636. The summed E-state index contributed by atoms with van der Waals surface area (Å²) in [5, 5.41) is 23.0. The van der Waals surface area contributed by atoms with Gasteiger partial charge in [-0.25, -0.2) is 13.2 Å². The minimum atomic E-state index is -4.43. The van der Waals surface area contributed by atoms with E-state index in [1.54, 1.807) is 67.6 Å². The number of carbonyl (C=O) groups is 2. The fraction of sp³-hybridized carbons (Fsp3) is 0.204. The molecule has 0 aromatic heterocycles. The summed E-state index contributed by atoms with van der Waals surface area (Å²) in [7, 11) is -3.06. The second-order valence-corrected chi connectivity index (χ2v) is 18.2. The van der Waals surface area contributed by atoms with E-state index in [0.29, 0.717) is 56.2 Å². The first kappa shape index (κ1) is 44.1. The zero-order valence-electron chi connectivity index (χ0n) is 34.6. The Bertz CT molecular complexity index is 2890. The van der Waals surface area contributed by atoms with Gasteiger partial charge in [0.2, 0.25) is 15.9 Å². The number of halogens is 2. The SMILES string of the molecule is COc1cc(C)ccc1S(=O)(=O)N1Cc2cc3c(cc2C[C@H]1C(=O)N[C@@H](Cc1ccc(-c2ccc(C#N)cc2)cc1)C(=O)O)OC[C@H](c1ccc(OCc2ccc(Cl)c(Cl)c2)cc1)O3. The second-order valence-electron chi connectivity index (χ2n) is 15.5. The van der Waals surface area contributed by atoms with Crippen LogP contribution in [0.3, 0.4) is 0 Å². The van der Waals surface area contributed by atoms with Crippen LogP contribution in [-0.2, 0) is 45.6 Å². The van der Waals surface area contributed by atoms with E-state index in [1.807, 2.05) is 54.6 Å². The maximum Gasteiger partial charge on any atom is 0.326 e. The Morgan fingerprint density at radius 2 is 1.56 bits per heavy atom. The van der Waals surface area contributed by atoms with Gasteiger partial charge in [0, 0.05) is 13.0 Å². The molecule has 6 aromatic carbocycles. The van der Waals surface area contributed by atoms with Crippen LogP contribution in [0.4, 0.5) is 0 Å². The summed E-state index contributed by atoms with van der Waals surface area (Å²) >= 11 is 12.2. The fourth-order valence-corrected chi connectivity index (χ4v) is 9.75. The summed E-state index contributed by atoms with van der Waals surface area (Å²) in [5.41, 5.74) is 6.61. The highest BCUT2D eigenvalue weighted by molar-refractivity contribution is 7.89. The van der Waals surface area contributed by atoms with Crippen LogP contribution in [0.25, 0.3) is 11.1 Å². The highest BCUT2D eigenvalue weighted by atomic mass is 35.5. The normalized spacial score (nSPS) is 16.2. The number of benzene rings is 6. The van der Waals surface area contributed by atoms with Gasteiger partial charge in [0.15, 0.2) is 17.6 Å². The highest BCUT2D eigenvalue weighted by Crippen LogP contribution is 2.42. The molecular weight excluding hydrogens is 878 g/mol. The van der Waals surface area contributed by atoms with Gasteiger partial charge >= 0.3 is 5.97 Å². The number of fused-ring (bicyclic) bond motifs is 2. The molecule has 12 nitrogen and oxygen atoms in total. The first-order valence-corrected chi connectivity index (χ1v) is 22.4. The number of nitrogens with zero attached hydrogens (tertiary/aromatic N) is 2. The second kappa shape index (κ2) is 18.7. The minimum absolute atomic E-state index is 0.0646. The number of rotatable bonds is 13. The first-order chi connectivity index (χ1) is 30.8. The Labute approximate surface area is 380 Å². The molecule has 2 N–H and O–H groups in total. The van der Waals surface area contributed by atoms with E-state index >= 15 is 0 Å². The van der Waals surface area contributed by atoms with Crippen LogP contribution in [0, 0.1) is 18.3 Å².